The van der Waals surface area contributed by atoms with Crippen LogP contribution in [0.25, 0.3) is 0 Å². The smallest absolute Gasteiger partial charge is 0.226 e. The molecule has 1 aromatic heterocycles. The third-order valence-corrected chi connectivity index (χ3v) is 4.40. The topological polar surface area (TPSA) is 68.5 Å². The average molecular weight is 329 g/mol. The van der Waals surface area contributed by atoms with Crippen molar-refractivity contribution in [3.05, 3.63) is 41.5 Å². The molecule has 1 saturated heterocycles. The molecule has 1 aliphatic rings. The summed E-state index contributed by atoms with van der Waals surface area (Å²) < 4.78 is 10.4. The van der Waals surface area contributed by atoms with Crippen molar-refractivity contribution in [2.45, 2.75) is 45.1 Å². The monoisotopic (exact) mass is 329 g/mol. The number of likely N-dealkylation sites (tertiary alicyclic amines) is 1. The van der Waals surface area contributed by atoms with Crippen molar-refractivity contribution in [2.24, 2.45) is 0 Å². The van der Waals surface area contributed by atoms with Crippen LogP contribution in [0.5, 0.6) is 5.75 Å². The molecule has 0 bridgehead atoms. The molecule has 24 heavy (non-hydrogen) atoms. The molecular formula is C18H23N3O3. The summed E-state index contributed by atoms with van der Waals surface area (Å²) in [5, 5.41) is 3.77. The zero-order valence-corrected chi connectivity index (χ0v) is 14.2. The lowest BCUT2D eigenvalue weighted by molar-refractivity contribution is -0.132. The molecule has 1 amide bonds. The van der Waals surface area contributed by atoms with Gasteiger partial charge in [-0.05, 0) is 43.9 Å². The van der Waals surface area contributed by atoms with E-state index >= 15 is 0 Å². The number of carbonyl (C=O) groups excluding carboxylic acids is 1. The maximum Gasteiger partial charge on any atom is 0.226 e. The first-order valence-electron chi connectivity index (χ1n) is 8.40. The third-order valence-electron chi connectivity index (χ3n) is 4.40. The highest BCUT2D eigenvalue weighted by atomic mass is 16.5. The van der Waals surface area contributed by atoms with Gasteiger partial charge in [0.25, 0.3) is 0 Å². The fourth-order valence-electron chi connectivity index (χ4n) is 3.24. The van der Waals surface area contributed by atoms with E-state index in [-0.39, 0.29) is 11.9 Å². The predicted molar refractivity (Wildman–Crippen MR) is 88.7 cm³/mol. The molecule has 1 fully saturated rings. The van der Waals surface area contributed by atoms with Gasteiger partial charge in [-0.15, -0.1) is 0 Å². The molecule has 0 aliphatic carbocycles. The van der Waals surface area contributed by atoms with Gasteiger partial charge in [0.15, 0.2) is 5.82 Å². The quantitative estimate of drug-likeness (QED) is 0.814. The molecule has 0 unspecified atom stereocenters. The number of amides is 1. The van der Waals surface area contributed by atoms with Crippen molar-refractivity contribution >= 4 is 5.91 Å². The normalized spacial score (nSPS) is 17.2. The minimum absolute atomic E-state index is 0.151. The first kappa shape index (κ1) is 16.5. The maximum atomic E-state index is 12.6. The maximum absolute atomic E-state index is 12.6. The van der Waals surface area contributed by atoms with Crippen molar-refractivity contribution < 1.29 is 14.1 Å². The zero-order valence-electron chi connectivity index (χ0n) is 14.2. The molecule has 2 heterocycles. The van der Waals surface area contributed by atoms with Gasteiger partial charge in [0.05, 0.1) is 13.2 Å². The number of methoxy groups -OCH3 is 1. The molecule has 1 aromatic carbocycles. The summed E-state index contributed by atoms with van der Waals surface area (Å²) in [5.41, 5.74) is 1.15. The summed E-state index contributed by atoms with van der Waals surface area (Å²) in [7, 11) is 1.66. The van der Waals surface area contributed by atoms with E-state index in [2.05, 4.69) is 16.2 Å². The van der Waals surface area contributed by atoms with Crippen molar-refractivity contribution in [3.8, 4) is 5.75 Å². The molecule has 1 aliphatic heterocycles. The first-order chi connectivity index (χ1) is 11.7. The van der Waals surface area contributed by atoms with Gasteiger partial charge in [0, 0.05) is 19.4 Å². The number of carbonyl (C=O) groups is 1. The van der Waals surface area contributed by atoms with Gasteiger partial charge in [0.2, 0.25) is 11.8 Å². The van der Waals surface area contributed by atoms with E-state index in [1.807, 2.05) is 23.1 Å². The summed E-state index contributed by atoms with van der Waals surface area (Å²) >= 11 is 0. The molecule has 3 rings (SSSR count). The lowest BCUT2D eigenvalue weighted by atomic mass is 10.0. The number of nitrogens with zero attached hydrogens (tertiary/aromatic N) is 3. The standard InChI is InChI=1S/C18H23N3O3/c1-13-19-17(24-20-13)9-4-10-18(22)21-11-5-8-16(21)14-6-3-7-15(12-14)23-2/h3,6-7,12,16H,4-5,8-11H2,1-2H3/t16-/m0/s1. The van der Waals surface area contributed by atoms with Crippen molar-refractivity contribution in [2.75, 3.05) is 13.7 Å². The van der Waals surface area contributed by atoms with Gasteiger partial charge in [-0.3, -0.25) is 4.79 Å². The number of hydrogen-bond acceptors (Lipinski definition) is 5. The van der Waals surface area contributed by atoms with Gasteiger partial charge >= 0.3 is 0 Å². The molecule has 0 radical (unpaired) electrons. The third kappa shape index (κ3) is 3.75. The van der Waals surface area contributed by atoms with Crippen LogP contribution in [0, 0.1) is 6.92 Å². The Labute approximate surface area is 141 Å². The largest absolute Gasteiger partial charge is 0.497 e. The van der Waals surface area contributed by atoms with Gasteiger partial charge in [0.1, 0.15) is 5.75 Å². The van der Waals surface area contributed by atoms with Crippen LogP contribution in [0.15, 0.2) is 28.8 Å². The molecule has 0 spiro atoms. The molecule has 6 heteroatoms. The summed E-state index contributed by atoms with van der Waals surface area (Å²) in [6.45, 7) is 2.61. The van der Waals surface area contributed by atoms with Crippen LogP contribution in [-0.4, -0.2) is 34.6 Å². The van der Waals surface area contributed by atoms with Crippen LogP contribution in [0.1, 0.15) is 49.0 Å². The zero-order chi connectivity index (χ0) is 16.9. The van der Waals surface area contributed by atoms with E-state index in [0.717, 1.165) is 37.1 Å². The van der Waals surface area contributed by atoms with E-state index in [4.69, 9.17) is 9.26 Å². The van der Waals surface area contributed by atoms with Crippen LogP contribution in [0.3, 0.4) is 0 Å². The van der Waals surface area contributed by atoms with Crippen molar-refractivity contribution in [1.29, 1.82) is 0 Å². The van der Waals surface area contributed by atoms with Crippen LogP contribution in [0.4, 0.5) is 0 Å². The molecule has 2 aromatic rings. The van der Waals surface area contributed by atoms with Crippen molar-refractivity contribution in [1.82, 2.24) is 15.0 Å². The highest BCUT2D eigenvalue weighted by Crippen LogP contribution is 2.34. The molecule has 0 saturated carbocycles. The minimum Gasteiger partial charge on any atom is -0.497 e. The van der Waals surface area contributed by atoms with E-state index in [9.17, 15) is 4.79 Å². The van der Waals surface area contributed by atoms with Crippen LogP contribution in [-0.2, 0) is 11.2 Å². The highest BCUT2D eigenvalue weighted by molar-refractivity contribution is 5.77. The van der Waals surface area contributed by atoms with Crippen molar-refractivity contribution in [3.63, 3.8) is 0 Å². The lowest BCUT2D eigenvalue weighted by Crippen LogP contribution is -2.30. The lowest BCUT2D eigenvalue weighted by Gasteiger charge is -2.25. The Bertz CT molecular complexity index is 698. The second kappa shape index (κ2) is 7.47. The van der Waals surface area contributed by atoms with Crippen LogP contribution in [0.2, 0.25) is 0 Å². The van der Waals surface area contributed by atoms with Gasteiger partial charge in [-0.1, -0.05) is 17.3 Å². The predicted octanol–water partition coefficient (Wildman–Crippen LogP) is 3.07. The Morgan fingerprint density at radius 3 is 3.08 bits per heavy atom. The van der Waals surface area contributed by atoms with Gasteiger partial charge < -0.3 is 14.2 Å². The number of rotatable bonds is 6. The number of aryl methyl sites for hydroxylation is 2. The highest BCUT2D eigenvalue weighted by Gasteiger charge is 2.29. The molecule has 6 nitrogen and oxygen atoms in total. The van der Waals surface area contributed by atoms with E-state index in [1.165, 1.54) is 0 Å². The summed E-state index contributed by atoms with van der Waals surface area (Å²) in [5.74, 6) is 2.26. The summed E-state index contributed by atoms with van der Waals surface area (Å²) in [6, 6.07) is 8.15. The van der Waals surface area contributed by atoms with E-state index in [1.54, 1.807) is 14.0 Å². The minimum atomic E-state index is 0.151. The molecule has 1 atom stereocenters. The van der Waals surface area contributed by atoms with Crippen LogP contribution < -0.4 is 4.74 Å². The number of benzene rings is 1. The average Bonchev–Trinajstić information content (AvgIpc) is 3.24. The van der Waals surface area contributed by atoms with E-state index in [0.29, 0.717) is 24.6 Å². The number of aromatic nitrogens is 2. The molecule has 0 N–H and O–H groups in total. The summed E-state index contributed by atoms with van der Waals surface area (Å²) in [4.78, 5) is 18.8. The Kier molecular flexibility index (Phi) is 5.13. The van der Waals surface area contributed by atoms with E-state index < -0.39 is 0 Å². The number of ether oxygens (including phenoxy) is 1. The second-order valence-corrected chi connectivity index (χ2v) is 6.11. The second-order valence-electron chi connectivity index (χ2n) is 6.11. The fourth-order valence-corrected chi connectivity index (χ4v) is 3.24. The molecule has 128 valence electrons. The molecular weight excluding hydrogens is 306 g/mol. The Morgan fingerprint density at radius 2 is 2.33 bits per heavy atom. The number of hydrogen-bond donors (Lipinski definition) is 0. The Morgan fingerprint density at radius 1 is 1.46 bits per heavy atom. The first-order valence-corrected chi connectivity index (χ1v) is 8.40. The van der Waals surface area contributed by atoms with Gasteiger partial charge in [-0.25, -0.2) is 0 Å². The SMILES string of the molecule is COc1cccc([C@@H]2CCCN2C(=O)CCCc2nc(C)no2)c1. The van der Waals surface area contributed by atoms with Crippen LogP contribution >= 0.6 is 0 Å². The Hall–Kier alpha value is -2.37. The Balaban J connectivity index is 1.58. The fraction of sp³-hybridized carbons (Fsp3) is 0.500. The summed E-state index contributed by atoms with van der Waals surface area (Å²) in [6.07, 6.45) is 3.91. The van der Waals surface area contributed by atoms with Gasteiger partial charge in [-0.2, -0.15) is 4.98 Å².